The molecule has 13 heavy (non-hydrogen) atoms. The van der Waals surface area contributed by atoms with Crippen LogP contribution in [0.1, 0.15) is 34.6 Å². The molecule has 1 rings (SSSR count). The third kappa shape index (κ3) is 3.12. The molecule has 0 amide bonds. The number of rotatable bonds is 1. The van der Waals surface area contributed by atoms with E-state index < -0.39 is 0 Å². The topological polar surface area (TPSA) is 21.3 Å². The second-order valence-corrected chi connectivity index (χ2v) is 5.07. The molecule has 0 aromatic carbocycles. The van der Waals surface area contributed by atoms with E-state index >= 15 is 0 Å². The Balaban J connectivity index is 0.00000144. The van der Waals surface area contributed by atoms with Crippen molar-refractivity contribution in [2.45, 2.75) is 40.3 Å². The van der Waals surface area contributed by atoms with Crippen molar-refractivity contribution in [3.63, 3.8) is 0 Å². The molecule has 1 heterocycles. The molecule has 3 heteroatoms. The predicted molar refractivity (Wildman–Crippen MR) is 58.2 cm³/mol. The fraction of sp³-hybridized carbons (Fsp3) is 1.00. The van der Waals surface area contributed by atoms with Gasteiger partial charge < -0.3 is 4.74 Å². The molecule has 1 saturated heterocycles. The first-order chi connectivity index (χ1) is 5.36. The fourth-order valence-electron chi connectivity index (χ4n) is 1.23. The summed E-state index contributed by atoms with van der Waals surface area (Å²) in [5, 5.41) is 3.46. The van der Waals surface area contributed by atoms with Crippen LogP contribution < -0.4 is 5.32 Å². The molecule has 80 valence electrons. The molecular weight excluding hydrogens is 186 g/mol. The summed E-state index contributed by atoms with van der Waals surface area (Å²) in [5.74, 6) is 0.522. The van der Waals surface area contributed by atoms with Gasteiger partial charge in [-0.1, -0.05) is 27.7 Å². The maximum atomic E-state index is 5.83. The van der Waals surface area contributed by atoms with Crippen LogP contribution >= 0.6 is 12.4 Å². The molecule has 1 aliphatic heterocycles. The first-order valence-electron chi connectivity index (χ1n) is 4.75. The van der Waals surface area contributed by atoms with Crippen LogP contribution in [0.5, 0.6) is 0 Å². The first kappa shape index (κ1) is 13.2. The minimum Gasteiger partial charge on any atom is -0.360 e. The number of nitrogens with one attached hydrogen (secondary N) is 1. The Morgan fingerprint density at radius 2 is 1.77 bits per heavy atom. The zero-order valence-electron chi connectivity index (χ0n) is 9.31. The predicted octanol–water partition coefficient (Wildman–Crippen LogP) is 2.43. The molecule has 0 aromatic rings. The lowest BCUT2D eigenvalue weighted by molar-refractivity contribution is -0.149. The molecule has 2 nitrogen and oxygen atoms in total. The summed E-state index contributed by atoms with van der Waals surface area (Å²) in [5.41, 5.74) is 0.171. The zero-order valence-corrected chi connectivity index (χ0v) is 10.1. The van der Waals surface area contributed by atoms with Gasteiger partial charge in [-0.05, 0) is 12.8 Å². The van der Waals surface area contributed by atoms with Crippen LogP contribution in [0, 0.1) is 11.3 Å². The maximum Gasteiger partial charge on any atom is 0.118 e. The summed E-state index contributed by atoms with van der Waals surface area (Å²) in [6.07, 6.45) is 0. The van der Waals surface area contributed by atoms with Crippen molar-refractivity contribution in [2.75, 3.05) is 13.2 Å². The van der Waals surface area contributed by atoms with Gasteiger partial charge in [-0.3, -0.25) is 5.32 Å². The lowest BCUT2D eigenvalue weighted by Gasteiger charge is -2.44. The van der Waals surface area contributed by atoms with Gasteiger partial charge in [0, 0.05) is 12.0 Å². The molecule has 1 fully saturated rings. The Morgan fingerprint density at radius 1 is 1.23 bits per heavy atom. The highest BCUT2D eigenvalue weighted by molar-refractivity contribution is 5.85. The summed E-state index contributed by atoms with van der Waals surface area (Å²) < 4.78 is 5.83. The van der Waals surface area contributed by atoms with Crippen LogP contribution in [0.2, 0.25) is 0 Å². The van der Waals surface area contributed by atoms with E-state index in [1.54, 1.807) is 0 Å². The van der Waals surface area contributed by atoms with Crippen LogP contribution in [0.25, 0.3) is 0 Å². The van der Waals surface area contributed by atoms with Crippen LogP contribution in [-0.4, -0.2) is 18.9 Å². The largest absolute Gasteiger partial charge is 0.360 e. The van der Waals surface area contributed by atoms with Gasteiger partial charge >= 0.3 is 0 Å². The van der Waals surface area contributed by atoms with E-state index in [1.807, 2.05) is 0 Å². The molecule has 1 unspecified atom stereocenters. The van der Waals surface area contributed by atoms with E-state index in [1.165, 1.54) is 0 Å². The Morgan fingerprint density at radius 3 is 2.08 bits per heavy atom. The first-order valence-corrected chi connectivity index (χ1v) is 4.75. The van der Waals surface area contributed by atoms with Crippen LogP contribution in [0.3, 0.4) is 0 Å². The summed E-state index contributed by atoms with van der Waals surface area (Å²) in [7, 11) is 0. The van der Waals surface area contributed by atoms with E-state index in [0.717, 1.165) is 13.2 Å². The van der Waals surface area contributed by atoms with Crippen molar-refractivity contribution in [3.8, 4) is 0 Å². The van der Waals surface area contributed by atoms with Gasteiger partial charge in [0.15, 0.2) is 0 Å². The van der Waals surface area contributed by atoms with E-state index in [-0.39, 0.29) is 23.5 Å². The molecule has 0 aliphatic carbocycles. The van der Waals surface area contributed by atoms with Gasteiger partial charge in [-0.25, -0.2) is 0 Å². The van der Waals surface area contributed by atoms with E-state index in [2.05, 4.69) is 39.9 Å². The molecule has 0 bridgehead atoms. The normalized spacial score (nSPS) is 32.8. The molecule has 0 aromatic heterocycles. The van der Waals surface area contributed by atoms with Crippen molar-refractivity contribution < 1.29 is 4.74 Å². The molecule has 0 radical (unpaired) electrons. The summed E-state index contributed by atoms with van der Waals surface area (Å²) in [6.45, 7) is 12.8. The Bertz CT molecular complexity index is 158. The van der Waals surface area contributed by atoms with Gasteiger partial charge in [-0.15, -0.1) is 12.4 Å². The second-order valence-electron chi connectivity index (χ2n) is 5.07. The lowest BCUT2D eigenvalue weighted by atomic mass is 9.89. The maximum absolute atomic E-state index is 5.83. The van der Waals surface area contributed by atoms with E-state index in [0.29, 0.717) is 5.92 Å². The highest BCUT2D eigenvalue weighted by Gasteiger charge is 2.37. The molecule has 1 aliphatic rings. The van der Waals surface area contributed by atoms with Gasteiger partial charge in [-0.2, -0.15) is 0 Å². The van der Waals surface area contributed by atoms with E-state index in [4.69, 9.17) is 4.74 Å². The van der Waals surface area contributed by atoms with Crippen LogP contribution in [0.15, 0.2) is 0 Å². The second kappa shape index (κ2) is 4.16. The van der Waals surface area contributed by atoms with Gasteiger partial charge in [0.2, 0.25) is 0 Å². The van der Waals surface area contributed by atoms with Crippen molar-refractivity contribution in [1.29, 1.82) is 0 Å². The Hall–Kier alpha value is 0.210. The minimum atomic E-state index is -0.116. The molecule has 1 atom stereocenters. The number of halogens is 1. The third-order valence-electron chi connectivity index (χ3n) is 2.78. The average molecular weight is 208 g/mol. The summed E-state index contributed by atoms with van der Waals surface area (Å²) in [4.78, 5) is 0. The molecular formula is C10H22ClNO. The summed E-state index contributed by atoms with van der Waals surface area (Å²) >= 11 is 0. The van der Waals surface area contributed by atoms with Gasteiger partial charge in [0.05, 0.1) is 6.61 Å². The molecule has 1 N–H and O–H groups in total. The minimum absolute atomic E-state index is 0. The quantitative estimate of drug-likeness (QED) is 0.713. The van der Waals surface area contributed by atoms with Crippen molar-refractivity contribution in [1.82, 2.24) is 5.32 Å². The number of hydrogen-bond acceptors (Lipinski definition) is 2. The highest BCUT2D eigenvalue weighted by atomic mass is 35.5. The number of ether oxygens (including phenoxy) is 1. The molecule has 0 saturated carbocycles. The summed E-state index contributed by atoms with van der Waals surface area (Å²) in [6, 6.07) is 0. The standard InChI is InChI=1S/C10H21NO.ClH/c1-8(2)10(5)11-6-9(3,4)7-12-10;/h8,11H,6-7H2,1-5H3;1H. The lowest BCUT2D eigenvalue weighted by Crippen LogP contribution is -2.58. The Kier molecular flexibility index (Phi) is 4.23. The third-order valence-corrected chi connectivity index (χ3v) is 2.78. The van der Waals surface area contributed by atoms with Crippen LogP contribution in [-0.2, 0) is 4.74 Å². The average Bonchev–Trinajstić information content (AvgIpc) is 1.96. The monoisotopic (exact) mass is 207 g/mol. The fourth-order valence-corrected chi connectivity index (χ4v) is 1.23. The van der Waals surface area contributed by atoms with Crippen molar-refractivity contribution in [3.05, 3.63) is 0 Å². The number of hydrogen-bond donors (Lipinski definition) is 1. The van der Waals surface area contributed by atoms with Crippen LogP contribution in [0.4, 0.5) is 0 Å². The van der Waals surface area contributed by atoms with Crippen molar-refractivity contribution >= 4 is 12.4 Å². The van der Waals surface area contributed by atoms with Gasteiger partial charge in [0.1, 0.15) is 5.72 Å². The molecule has 0 spiro atoms. The SMILES string of the molecule is CC(C)C1(C)NCC(C)(C)CO1.Cl. The smallest absolute Gasteiger partial charge is 0.118 e. The van der Waals surface area contributed by atoms with E-state index in [9.17, 15) is 0 Å². The Labute approximate surface area is 87.8 Å². The van der Waals surface area contributed by atoms with Crippen molar-refractivity contribution in [2.24, 2.45) is 11.3 Å². The van der Waals surface area contributed by atoms with Gasteiger partial charge in [0.25, 0.3) is 0 Å². The zero-order chi connectivity index (χ0) is 9.41. The highest BCUT2D eigenvalue weighted by Crippen LogP contribution is 2.28.